The van der Waals surface area contributed by atoms with Gasteiger partial charge in [-0.1, -0.05) is 0 Å². The van der Waals surface area contributed by atoms with Crippen LogP contribution in [0, 0.1) is 12.7 Å². The van der Waals surface area contributed by atoms with Crippen molar-refractivity contribution in [1.82, 2.24) is 30.2 Å². The molecule has 11 nitrogen and oxygen atoms in total. The molecule has 4 fully saturated rings. The number of piperazine rings is 1. The van der Waals surface area contributed by atoms with Crippen molar-refractivity contribution in [2.24, 2.45) is 0 Å². The van der Waals surface area contributed by atoms with Crippen LogP contribution in [0.1, 0.15) is 36.9 Å². The first-order valence-electron chi connectivity index (χ1n) is 15.8. The summed E-state index contributed by atoms with van der Waals surface area (Å²) >= 11 is 0. The molecule has 8 rings (SSSR count). The second kappa shape index (κ2) is 11.1. The van der Waals surface area contributed by atoms with Gasteiger partial charge >= 0.3 is 18.4 Å². The van der Waals surface area contributed by atoms with Crippen molar-refractivity contribution in [1.29, 1.82) is 0 Å². The predicted molar refractivity (Wildman–Crippen MR) is 156 cm³/mol. The van der Waals surface area contributed by atoms with Crippen LogP contribution >= 0.6 is 0 Å². The number of morpholine rings is 1. The summed E-state index contributed by atoms with van der Waals surface area (Å²) in [7, 11) is 0. The lowest BCUT2D eigenvalue weighted by Crippen LogP contribution is -2.66. The molecule has 3 aromatic rings. The summed E-state index contributed by atoms with van der Waals surface area (Å²) in [4.78, 5) is 20.2. The van der Waals surface area contributed by atoms with Crippen LogP contribution in [0.2, 0.25) is 0 Å². The maximum absolute atomic E-state index is 16.7. The van der Waals surface area contributed by atoms with E-state index in [4.69, 9.17) is 19.9 Å². The molecule has 5 aliphatic rings. The minimum absolute atomic E-state index is 0.0384. The van der Waals surface area contributed by atoms with Gasteiger partial charge in [-0.25, -0.2) is 14.4 Å². The number of aryl methyl sites for hydroxylation is 1. The summed E-state index contributed by atoms with van der Waals surface area (Å²) in [5.74, 6) is -2.53. The fourth-order valence-corrected chi connectivity index (χ4v) is 8.07. The third-order valence-electron chi connectivity index (χ3n) is 10.1. The van der Waals surface area contributed by atoms with E-state index < -0.39 is 70.3 Å². The van der Waals surface area contributed by atoms with Crippen LogP contribution in [0.15, 0.2) is 6.07 Å². The van der Waals surface area contributed by atoms with E-state index in [0.29, 0.717) is 32.6 Å². The third kappa shape index (κ3) is 5.14. The Morgan fingerprint density at radius 2 is 1.88 bits per heavy atom. The molecule has 0 amide bonds. The molecule has 4 saturated heterocycles. The molecule has 258 valence electrons. The average molecular weight is 685 g/mol. The molecular weight excluding hydrogens is 653 g/mol. The maximum atomic E-state index is 16.7. The summed E-state index contributed by atoms with van der Waals surface area (Å²) in [5.41, 5.74) is 1.54. The zero-order valence-corrected chi connectivity index (χ0v) is 25.5. The number of fused-ring (bicyclic) bond motifs is 6. The van der Waals surface area contributed by atoms with Crippen LogP contribution < -0.4 is 25.4 Å². The van der Waals surface area contributed by atoms with E-state index in [0.717, 1.165) is 25.8 Å². The van der Waals surface area contributed by atoms with Gasteiger partial charge in [-0.3, -0.25) is 4.90 Å². The summed E-state index contributed by atoms with van der Waals surface area (Å²) < 4.78 is 121. The van der Waals surface area contributed by atoms with Crippen molar-refractivity contribution in [3.63, 3.8) is 0 Å². The quantitative estimate of drug-likeness (QED) is 0.388. The lowest BCUT2D eigenvalue weighted by Gasteiger charge is -2.43. The molecule has 48 heavy (non-hydrogen) atoms. The average Bonchev–Trinajstić information content (AvgIpc) is 3.57. The maximum Gasteiger partial charge on any atom is 0.427 e. The van der Waals surface area contributed by atoms with Crippen molar-refractivity contribution in [3.8, 4) is 23.1 Å². The summed E-state index contributed by atoms with van der Waals surface area (Å²) in [6, 6.07) is -1.56. The Morgan fingerprint density at radius 1 is 1.06 bits per heavy atom. The lowest BCUT2D eigenvalue weighted by atomic mass is 9.98. The van der Waals surface area contributed by atoms with E-state index in [1.807, 2.05) is 0 Å². The van der Waals surface area contributed by atoms with Crippen molar-refractivity contribution in [2.45, 2.75) is 81.3 Å². The monoisotopic (exact) mass is 684 g/mol. The number of aromatic nitrogens is 4. The minimum atomic E-state index is -5.04. The number of anilines is 2. The Bertz CT molecular complexity index is 1780. The zero-order valence-electron chi connectivity index (χ0n) is 25.5. The Labute approximate surface area is 268 Å². The van der Waals surface area contributed by atoms with E-state index in [-0.39, 0.29) is 54.3 Å². The highest BCUT2D eigenvalue weighted by molar-refractivity contribution is 5.97. The summed E-state index contributed by atoms with van der Waals surface area (Å²) in [6.07, 6.45) is -9.79. The van der Waals surface area contributed by atoms with Crippen molar-refractivity contribution >= 4 is 22.5 Å². The second-order valence-corrected chi connectivity index (χ2v) is 13.0. The van der Waals surface area contributed by atoms with Gasteiger partial charge < -0.3 is 30.2 Å². The molecule has 0 aromatic carbocycles. The van der Waals surface area contributed by atoms with Gasteiger partial charge in [-0.2, -0.15) is 36.3 Å². The number of nitrogens with zero attached hydrogens (tertiary/aromatic N) is 6. The molecule has 2 bridgehead atoms. The normalized spacial score (nSPS) is 28.6. The van der Waals surface area contributed by atoms with Crippen LogP contribution in [0.4, 0.5) is 42.4 Å². The second-order valence-electron chi connectivity index (χ2n) is 13.0. The number of nitrogens with one attached hydrogen (secondary N) is 1. The van der Waals surface area contributed by atoms with Gasteiger partial charge in [0.2, 0.25) is 12.0 Å². The molecule has 3 aromatic heterocycles. The number of hydrogen-bond donors (Lipinski definition) is 2. The molecule has 0 unspecified atom stereocenters. The molecule has 0 radical (unpaired) electrons. The van der Waals surface area contributed by atoms with Gasteiger partial charge in [0.25, 0.3) is 0 Å². The van der Waals surface area contributed by atoms with Crippen LogP contribution in [0.25, 0.3) is 22.2 Å². The molecule has 6 atom stereocenters. The van der Waals surface area contributed by atoms with Gasteiger partial charge in [-0.15, -0.1) is 0 Å². The fourth-order valence-electron chi connectivity index (χ4n) is 8.07. The van der Waals surface area contributed by atoms with E-state index in [1.165, 1.54) is 4.90 Å². The molecular formula is C30H31F7N8O3. The highest BCUT2D eigenvalue weighted by Crippen LogP contribution is 2.48. The standard InChI is InChI=1S/C30H31F7N8O3/c1-12-20(29(32,33)34)16(8-18(38)39-12)22-21(31)23-19-26(43-28(42-23)47-11-15-4-3-14-10-46-7-6-44(14)15)45-9-13-2-5-17(40-13)24(45)25(30(35,36)37)48-27(19)41-22/h8,13-15,17,24-25,40H,2-7,9-11H2,1H3,(H2,38,39)/t13-,14+,15+,17+,24+,25-/m1/s1. The molecule has 8 heterocycles. The van der Waals surface area contributed by atoms with E-state index in [9.17, 15) is 26.3 Å². The smallest absolute Gasteiger partial charge is 0.427 e. The SMILES string of the molecule is Cc1nc(N)cc(-c2nc3c4c(nc(OC[C@@H]5CC[C@H]6COCCN65)nc4c2F)N2C[C@H]4CC[C@H](N4)[C@H]2[C@H](C(F)(F)F)O3)c1C(F)(F)F. The lowest BCUT2D eigenvalue weighted by molar-refractivity contribution is -0.203. The largest absolute Gasteiger partial charge is 0.462 e. The summed E-state index contributed by atoms with van der Waals surface area (Å²) in [6.45, 7) is 3.06. The Balaban J connectivity index is 1.32. The van der Waals surface area contributed by atoms with Crippen LogP contribution in [-0.4, -0.2) is 100 Å². The number of ether oxygens (including phenoxy) is 3. The van der Waals surface area contributed by atoms with Crippen LogP contribution in [0.3, 0.4) is 0 Å². The molecule has 0 spiro atoms. The van der Waals surface area contributed by atoms with Gasteiger partial charge in [0.05, 0.1) is 30.5 Å². The molecule has 18 heteroatoms. The molecule has 0 saturated carbocycles. The van der Waals surface area contributed by atoms with Crippen molar-refractivity contribution in [3.05, 3.63) is 23.1 Å². The number of alkyl halides is 6. The van der Waals surface area contributed by atoms with Gasteiger partial charge in [0.1, 0.15) is 34.8 Å². The molecule has 3 N–H and O–H groups in total. The Hall–Kier alpha value is -3.77. The first-order chi connectivity index (χ1) is 22.8. The first-order valence-corrected chi connectivity index (χ1v) is 15.8. The van der Waals surface area contributed by atoms with Crippen LogP contribution in [0.5, 0.6) is 11.9 Å². The highest BCUT2D eigenvalue weighted by atomic mass is 19.4. The number of pyridine rings is 2. The van der Waals surface area contributed by atoms with E-state index in [2.05, 4.69) is 30.2 Å². The molecule has 0 aliphatic carbocycles. The Morgan fingerprint density at radius 3 is 2.65 bits per heavy atom. The number of nitrogen functional groups attached to an aromatic ring is 1. The topological polar surface area (TPSA) is 124 Å². The van der Waals surface area contributed by atoms with Crippen molar-refractivity contribution < 1.29 is 44.9 Å². The third-order valence-corrected chi connectivity index (χ3v) is 10.1. The van der Waals surface area contributed by atoms with E-state index in [1.54, 1.807) is 0 Å². The fraction of sp³-hybridized carbons (Fsp3) is 0.600. The first kappa shape index (κ1) is 31.5. The minimum Gasteiger partial charge on any atom is -0.462 e. The van der Waals surface area contributed by atoms with Gasteiger partial charge in [-0.05, 0) is 38.7 Å². The van der Waals surface area contributed by atoms with E-state index >= 15 is 4.39 Å². The summed E-state index contributed by atoms with van der Waals surface area (Å²) in [5, 5.41) is 2.93. The molecule has 5 aliphatic heterocycles. The Kier molecular flexibility index (Phi) is 7.30. The van der Waals surface area contributed by atoms with Crippen LogP contribution in [-0.2, 0) is 10.9 Å². The number of hydrogen-bond acceptors (Lipinski definition) is 11. The highest BCUT2D eigenvalue weighted by Gasteiger charge is 2.57. The zero-order chi connectivity index (χ0) is 33.7. The van der Waals surface area contributed by atoms with Crippen molar-refractivity contribution in [2.75, 3.05) is 43.5 Å². The number of halogens is 7. The van der Waals surface area contributed by atoms with Gasteiger partial charge in [0.15, 0.2) is 5.82 Å². The number of rotatable bonds is 4. The predicted octanol–water partition coefficient (Wildman–Crippen LogP) is 4.01. The van der Waals surface area contributed by atoms with Gasteiger partial charge in [0, 0.05) is 42.8 Å². The number of nitrogens with two attached hydrogens (primary N) is 1.